The zero-order valence-corrected chi connectivity index (χ0v) is 10.8. The first-order chi connectivity index (χ1) is 8.20. The molecule has 0 atom stereocenters. The first-order valence-electron chi connectivity index (χ1n) is 5.88. The number of hydrogen-bond acceptors (Lipinski definition) is 3. The third kappa shape index (κ3) is 3.98. The lowest BCUT2D eigenvalue weighted by Crippen LogP contribution is -2.25. The predicted molar refractivity (Wildman–Crippen MR) is 68.9 cm³/mol. The monoisotopic (exact) mass is 240 g/mol. The summed E-state index contributed by atoms with van der Waals surface area (Å²) in [6.45, 7) is 4.86. The molecule has 0 amide bonds. The molecular formula is C13H21FN2O. The fraction of sp³-hybridized carbons (Fsp3) is 0.538. The van der Waals surface area contributed by atoms with Gasteiger partial charge in [0, 0.05) is 27.2 Å². The van der Waals surface area contributed by atoms with Crippen molar-refractivity contribution in [3.8, 4) is 0 Å². The molecule has 0 spiro atoms. The Morgan fingerprint density at radius 2 is 2.18 bits per heavy atom. The number of ether oxygens (including phenoxy) is 1. The highest BCUT2D eigenvalue weighted by Crippen LogP contribution is 2.23. The average Bonchev–Trinajstić information content (AvgIpc) is 2.33. The van der Waals surface area contributed by atoms with Crippen LogP contribution in [0.1, 0.15) is 12.5 Å². The molecule has 96 valence electrons. The molecule has 1 aromatic rings. The second kappa shape index (κ2) is 7.25. The molecular weight excluding hydrogens is 219 g/mol. The van der Waals surface area contributed by atoms with Crippen LogP contribution in [0, 0.1) is 5.82 Å². The second-order valence-electron chi connectivity index (χ2n) is 3.94. The Morgan fingerprint density at radius 1 is 1.41 bits per heavy atom. The lowest BCUT2D eigenvalue weighted by atomic mass is 10.1. The molecule has 0 saturated carbocycles. The summed E-state index contributed by atoms with van der Waals surface area (Å²) in [6.07, 6.45) is 0. The van der Waals surface area contributed by atoms with Crippen LogP contribution in [0.2, 0.25) is 0 Å². The summed E-state index contributed by atoms with van der Waals surface area (Å²) in [6, 6.07) is 5.19. The number of nitrogens with one attached hydrogen (secondary N) is 1. The van der Waals surface area contributed by atoms with Gasteiger partial charge in [0.05, 0.1) is 12.3 Å². The molecule has 0 fully saturated rings. The molecule has 1 rings (SSSR count). The van der Waals surface area contributed by atoms with Gasteiger partial charge in [-0.2, -0.15) is 0 Å². The van der Waals surface area contributed by atoms with Crippen molar-refractivity contribution in [2.75, 3.05) is 38.8 Å². The molecule has 0 aliphatic carbocycles. The second-order valence-corrected chi connectivity index (χ2v) is 3.94. The van der Waals surface area contributed by atoms with Crippen molar-refractivity contribution in [3.63, 3.8) is 0 Å². The van der Waals surface area contributed by atoms with Gasteiger partial charge in [0.25, 0.3) is 0 Å². The van der Waals surface area contributed by atoms with E-state index in [0.717, 1.165) is 12.1 Å². The highest BCUT2D eigenvalue weighted by atomic mass is 19.1. The van der Waals surface area contributed by atoms with Crippen LogP contribution in [0.5, 0.6) is 0 Å². The summed E-state index contributed by atoms with van der Waals surface area (Å²) in [7, 11) is 3.53. The van der Waals surface area contributed by atoms with Crippen LogP contribution in [0.25, 0.3) is 0 Å². The van der Waals surface area contributed by atoms with Crippen LogP contribution in [0.3, 0.4) is 0 Å². The minimum Gasteiger partial charge on any atom is -0.383 e. The highest BCUT2D eigenvalue weighted by Gasteiger charge is 2.12. The third-order valence-electron chi connectivity index (χ3n) is 2.65. The number of halogens is 1. The lowest BCUT2D eigenvalue weighted by molar-refractivity contribution is 0.206. The van der Waals surface area contributed by atoms with E-state index >= 15 is 0 Å². The number of para-hydroxylation sites is 1. The molecule has 0 radical (unpaired) electrons. The van der Waals surface area contributed by atoms with Crippen molar-refractivity contribution in [1.82, 2.24) is 5.32 Å². The number of benzene rings is 1. The van der Waals surface area contributed by atoms with E-state index in [-0.39, 0.29) is 5.82 Å². The van der Waals surface area contributed by atoms with E-state index in [1.165, 1.54) is 6.07 Å². The minimum absolute atomic E-state index is 0.181. The van der Waals surface area contributed by atoms with Gasteiger partial charge in [-0.3, -0.25) is 0 Å². The molecule has 3 nitrogen and oxygen atoms in total. The summed E-state index contributed by atoms with van der Waals surface area (Å²) in [5, 5.41) is 3.22. The van der Waals surface area contributed by atoms with Gasteiger partial charge in [-0.15, -0.1) is 0 Å². The smallest absolute Gasteiger partial charge is 0.146 e. The highest BCUT2D eigenvalue weighted by molar-refractivity contribution is 5.54. The minimum atomic E-state index is -0.181. The van der Waals surface area contributed by atoms with Crippen LogP contribution >= 0.6 is 0 Å². The van der Waals surface area contributed by atoms with Gasteiger partial charge in [-0.25, -0.2) is 4.39 Å². The Labute approximate surface area is 103 Å². The maximum absolute atomic E-state index is 13.8. The van der Waals surface area contributed by atoms with Gasteiger partial charge in [-0.05, 0) is 18.2 Å². The van der Waals surface area contributed by atoms with Gasteiger partial charge in [0.2, 0.25) is 0 Å². The zero-order valence-electron chi connectivity index (χ0n) is 10.8. The molecule has 0 heterocycles. The van der Waals surface area contributed by atoms with E-state index in [4.69, 9.17) is 4.74 Å². The maximum Gasteiger partial charge on any atom is 0.146 e. The zero-order chi connectivity index (χ0) is 12.7. The predicted octanol–water partition coefficient (Wildman–Crippen LogP) is 2.02. The molecule has 1 N–H and O–H groups in total. The number of likely N-dealkylation sites (N-methyl/N-ethyl adjacent to an activating group) is 1. The number of anilines is 1. The van der Waals surface area contributed by atoms with Gasteiger partial charge < -0.3 is 15.0 Å². The summed E-state index contributed by atoms with van der Waals surface area (Å²) in [5.74, 6) is -0.181. The Balaban J connectivity index is 2.85. The quantitative estimate of drug-likeness (QED) is 0.789. The van der Waals surface area contributed by atoms with Crippen LogP contribution in [0.15, 0.2) is 18.2 Å². The Hall–Kier alpha value is -1.13. The van der Waals surface area contributed by atoms with E-state index < -0.39 is 0 Å². The first kappa shape index (κ1) is 13.9. The number of hydrogen-bond donors (Lipinski definition) is 1. The van der Waals surface area contributed by atoms with E-state index in [2.05, 4.69) is 5.32 Å². The fourth-order valence-corrected chi connectivity index (χ4v) is 1.73. The normalized spacial score (nSPS) is 10.6. The average molecular weight is 240 g/mol. The number of nitrogens with zero attached hydrogens (tertiary/aromatic N) is 1. The van der Waals surface area contributed by atoms with E-state index in [1.54, 1.807) is 13.2 Å². The lowest BCUT2D eigenvalue weighted by Gasteiger charge is -2.22. The topological polar surface area (TPSA) is 24.5 Å². The summed E-state index contributed by atoms with van der Waals surface area (Å²) >= 11 is 0. The van der Waals surface area contributed by atoms with E-state index in [0.29, 0.717) is 25.4 Å². The van der Waals surface area contributed by atoms with E-state index in [9.17, 15) is 4.39 Å². The van der Waals surface area contributed by atoms with Crippen molar-refractivity contribution in [2.45, 2.75) is 13.5 Å². The molecule has 0 aliphatic rings. The Bertz CT molecular complexity index is 344. The summed E-state index contributed by atoms with van der Waals surface area (Å²) in [5.41, 5.74) is 1.64. The summed E-state index contributed by atoms with van der Waals surface area (Å²) in [4.78, 5) is 1.89. The Morgan fingerprint density at radius 3 is 2.82 bits per heavy atom. The van der Waals surface area contributed by atoms with Crippen molar-refractivity contribution in [3.05, 3.63) is 29.6 Å². The summed E-state index contributed by atoms with van der Waals surface area (Å²) < 4.78 is 18.9. The largest absolute Gasteiger partial charge is 0.383 e. The van der Waals surface area contributed by atoms with Gasteiger partial charge >= 0.3 is 0 Å². The maximum atomic E-state index is 13.8. The molecule has 4 heteroatoms. The fourth-order valence-electron chi connectivity index (χ4n) is 1.73. The van der Waals surface area contributed by atoms with Gasteiger partial charge in [0.15, 0.2) is 0 Å². The Kier molecular flexibility index (Phi) is 5.94. The molecule has 0 bridgehead atoms. The van der Waals surface area contributed by atoms with Crippen molar-refractivity contribution >= 4 is 5.69 Å². The van der Waals surface area contributed by atoms with Gasteiger partial charge in [0.1, 0.15) is 5.82 Å². The number of rotatable bonds is 7. The first-order valence-corrected chi connectivity index (χ1v) is 5.88. The van der Waals surface area contributed by atoms with Crippen LogP contribution < -0.4 is 10.2 Å². The molecule has 0 unspecified atom stereocenters. The van der Waals surface area contributed by atoms with Crippen LogP contribution in [-0.4, -0.2) is 33.9 Å². The van der Waals surface area contributed by atoms with Crippen molar-refractivity contribution in [1.29, 1.82) is 0 Å². The molecule has 1 aromatic carbocycles. The van der Waals surface area contributed by atoms with Crippen molar-refractivity contribution < 1.29 is 9.13 Å². The van der Waals surface area contributed by atoms with Gasteiger partial charge in [-0.1, -0.05) is 19.1 Å². The number of methoxy groups -OCH3 is 1. The van der Waals surface area contributed by atoms with Crippen molar-refractivity contribution in [2.24, 2.45) is 0 Å². The molecule has 0 aliphatic heterocycles. The molecule has 17 heavy (non-hydrogen) atoms. The SMILES string of the molecule is CCNCc1cccc(F)c1N(C)CCOC. The van der Waals surface area contributed by atoms with Crippen LogP contribution in [-0.2, 0) is 11.3 Å². The molecule has 0 saturated heterocycles. The molecule has 0 aromatic heterocycles. The third-order valence-corrected chi connectivity index (χ3v) is 2.65. The van der Waals surface area contributed by atoms with Crippen LogP contribution in [0.4, 0.5) is 10.1 Å². The standard InChI is InChI=1S/C13H21FN2O/c1-4-15-10-11-6-5-7-12(14)13(11)16(2)8-9-17-3/h5-7,15H,4,8-10H2,1-3H3. The van der Waals surface area contributed by atoms with E-state index in [1.807, 2.05) is 24.9 Å².